The first-order chi connectivity index (χ1) is 9.27. The standard InChI is InChI=1S/C13H17ClN2O4/c1-4-20-11-9(14)5-8(6-15-11)10(17)16-7-13(2,3)12(18)19/h5-6H,4,7H2,1-3H3,(H,16,17)(H,18,19). The van der Waals surface area contributed by atoms with Gasteiger partial charge in [0.1, 0.15) is 5.02 Å². The highest BCUT2D eigenvalue weighted by molar-refractivity contribution is 6.32. The molecule has 0 saturated carbocycles. The van der Waals surface area contributed by atoms with Gasteiger partial charge in [-0.1, -0.05) is 11.6 Å². The molecular weight excluding hydrogens is 284 g/mol. The van der Waals surface area contributed by atoms with Crippen molar-refractivity contribution >= 4 is 23.5 Å². The third-order valence-corrected chi connectivity index (χ3v) is 2.89. The van der Waals surface area contributed by atoms with Crippen LogP contribution in [0.25, 0.3) is 0 Å². The number of hydrogen-bond acceptors (Lipinski definition) is 4. The lowest BCUT2D eigenvalue weighted by atomic mass is 9.94. The van der Waals surface area contributed by atoms with E-state index in [4.69, 9.17) is 21.4 Å². The summed E-state index contributed by atoms with van der Waals surface area (Å²) in [7, 11) is 0. The zero-order chi connectivity index (χ0) is 15.3. The molecule has 110 valence electrons. The Labute approximate surface area is 122 Å². The summed E-state index contributed by atoms with van der Waals surface area (Å²) in [5.74, 6) is -1.16. The summed E-state index contributed by atoms with van der Waals surface area (Å²) in [4.78, 5) is 26.8. The molecule has 1 aromatic heterocycles. The van der Waals surface area contributed by atoms with Crippen LogP contribution in [0, 0.1) is 5.41 Å². The number of nitrogens with zero attached hydrogens (tertiary/aromatic N) is 1. The minimum atomic E-state index is -1.04. The van der Waals surface area contributed by atoms with E-state index >= 15 is 0 Å². The minimum Gasteiger partial charge on any atom is -0.481 e. The van der Waals surface area contributed by atoms with Gasteiger partial charge in [-0.25, -0.2) is 4.98 Å². The Morgan fingerprint density at radius 3 is 2.65 bits per heavy atom. The van der Waals surface area contributed by atoms with Crippen LogP contribution in [-0.2, 0) is 4.79 Å². The number of hydrogen-bond donors (Lipinski definition) is 2. The van der Waals surface area contributed by atoms with E-state index < -0.39 is 17.3 Å². The first-order valence-corrected chi connectivity index (χ1v) is 6.45. The summed E-state index contributed by atoms with van der Waals surface area (Å²) in [5.41, 5.74) is -0.794. The van der Waals surface area contributed by atoms with Crippen molar-refractivity contribution in [3.8, 4) is 5.88 Å². The quantitative estimate of drug-likeness (QED) is 0.838. The highest BCUT2D eigenvalue weighted by atomic mass is 35.5. The molecule has 0 fully saturated rings. The van der Waals surface area contributed by atoms with Gasteiger partial charge in [0.05, 0.1) is 17.6 Å². The van der Waals surface area contributed by atoms with Crippen molar-refractivity contribution in [2.75, 3.05) is 13.2 Å². The summed E-state index contributed by atoms with van der Waals surface area (Å²) in [5, 5.41) is 11.7. The second kappa shape index (κ2) is 6.56. The molecule has 0 saturated heterocycles. The molecule has 1 aromatic rings. The van der Waals surface area contributed by atoms with Gasteiger partial charge in [0.2, 0.25) is 5.88 Å². The number of rotatable bonds is 6. The normalized spacial score (nSPS) is 11.0. The van der Waals surface area contributed by atoms with Crippen LogP contribution in [0.3, 0.4) is 0 Å². The average molecular weight is 301 g/mol. The summed E-state index contributed by atoms with van der Waals surface area (Å²) in [6.07, 6.45) is 1.33. The van der Waals surface area contributed by atoms with Gasteiger partial charge in [0.15, 0.2) is 0 Å². The molecule has 1 rings (SSSR count). The molecule has 1 amide bonds. The van der Waals surface area contributed by atoms with Crippen LogP contribution in [0.1, 0.15) is 31.1 Å². The Kier molecular flexibility index (Phi) is 5.33. The number of carboxylic acids is 1. The Morgan fingerprint density at radius 2 is 2.15 bits per heavy atom. The zero-order valence-electron chi connectivity index (χ0n) is 11.6. The van der Waals surface area contributed by atoms with Crippen molar-refractivity contribution < 1.29 is 19.4 Å². The lowest BCUT2D eigenvalue weighted by molar-refractivity contribution is -0.146. The van der Waals surface area contributed by atoms with E-state index in [2.05, 4.69) is 10.3 Å². The van der Waals surface area contributed by atoms with Crippen LogP contribution in [0.15, 0.2) is 12.3 Å². The van der Waals surface area contributed by atoms with Gasteiger partial charge < -0.3 is 15.2 Å². The summed E-state index contributed by atoms with van der Waals surface area (Å²) < 4.78 is 5.16. The number of carboxylic acid groups (broad SMARTS) is 1. The molecule has 2 N–H and O–H groups in total. The average Bonchev–Trinajstić information content (AvgIpc) is 2.38. The molecule has 0 radical (unpaired) electrons. The van der Waals surface area contributed by atoms with Crippen molar-refractivity contribution in [2.24, 2.45) is 5.41 Å². The van der Waals surface area contributed by atoms with Crippen molar-refractivity contribution in [2.45, 2.75) is 20.8 Å². The molecule has 0 aliphatic rings. The van der Waals surface area contributed by atoms with Gasteiger partial charge in [-0.2, -0.15) is 0 Å². The monoisotopic (exact) mass is 300 g/mol. The van der Waals surface area contributed by atoms with Crippen LogP contribution >= 0.6 is 11.6 Å². The van der Waals surface area contributed by atoms with E-state index in [9.17, 15) is 9.59 Å². The largest absolute Gasteiger partial charge is 0.481 e. The number of ether oxygens (including phenoxy) is 1. The molecule has 6 nitrogen and oxygen atoms in total. The van der Waals surface area contributed by atoms with Crippen LogP contribution in [-0.4, -0.2) is 35.1 Å². The molecule has 0 atom stereocenters. The molecule has 0 spiro atoms. The Bertz CT molecular complexity index is 517. The number of aromatic nitrogens is 1. The van der Waals surface area contributed by atoms with Crippen LogP contribution in [0.5, 0.6) is 5.88 Å². The van der Waals surface area contributed by atoms with E-state index in [1.807, 2.05) is 0 Å². The molecular formula is C13H17ClN2O4. The fraction of sp³-hybridized carbons (Fsp3) is 0.462. The third kappa shape index (κ3) is 4.09. The van der Waals surface area contributed by atoms with E-state index in [0.29, 0.717) is 6.61 Å². The molecule has 0 aliphatic carbocycles. The highest BCUT2D eigenvalue weighted by Crippen LogP contribution is 2.22. The first kappa shape index (κ1) is 16.2. The molecule has 20 heavy (non-hydrogen) atoms. The number of halogens is 1. The molecule has 0 aliphatic heterocycles. The van der Waals surface area contributed by atoms with E-state index in [0.717, 1.165) is 0 Å². The Hall–Kier alpha value is -1.82. The predicted octanol–water partition coefficient (Wildman–Crippen LogP) is 1.97. The number of aliphatic carboxylic acids is 1. The number of carbonyl (C=O) groups is 2. The fourth-order valence-corrected chi connectivity index (χ4v) is 1.49. The highest BCUT2D eigenvalue weighted by Gasteiger charge is 2.27. The second-order valence-electron chi connectivity index (χ2n) is 4.82. The maximum Gasteiger partial charge on any atom is 0.310 e. The maximum atomic E-state index is 11.9. The van der Waals surface area contributed by atoms with Crippen molar-refractivity contribution in [1.82, 2.24) is 10.3 Å². The van der Waals surface area contributed by atoms with Gasteiger partial charge in [0.25, 0.3) is 5.91 Å². The van der Waals surface area contributed by atoms with Crippen molar-refractivity contribution in [1.29, 1.82) is 0 Å². The fourth-order valence-electron chi connectivity index (χ4n) is 1.27. The maximum absolute atomic E-state index is 11.9. The topological polar surface area (TPSA) is 88.5 Å². The minimum absolute atomic E-state index is 0.00595. The zero-order valence-corrected chi connectivity index (χ0v) is 12.3. The second-order valence-corrected chi connectivity index (χ2v) is 5.22. The van der Waals surface area contributed by atoms with E-state index in [1.165, 1.54) is 26.1 Å². The lowest BCUT2D eigenvalue weighted by Crippen LogP contribution is -2.38. The van der Waals surface area contributed by atoms with Crippen LogP contribution in [0.4, 0.5) is 0 Å². The number of amides is 1. The van der Waals surface area contributed by atoms with Crippen molar-refractivity contribution in [3.63, 3.8) is 0 Å². The van der Waals surface area contributed by atoms with Gasteiger partial charge in [0, 0.05) is 12.7 Å². The molecule has 0 bridgehead atoms. The number of carbonyl (C=O) groups excluding carboxylic acids is 1. The predicted molar refractivity (Wildman–Crippen MR) is 74.2 cm³/mol. The summed E-state index contributed by atoms with van der Waals surface area (Å²) in [6.45, 7) is 5.28. The lowest BCUT2D eigenvalue weighted by Gasteiger charge is -2.19. The SMILES string of the molecule is CCOc1ncc(C(=O)NCC(C)(C)C(=O)O)cc1Cl. The van der Waals surface area contributed by atoms with Crippen LogP contribution < -0.4 is 10.1 Å². The van der Waals surface area contributed by atoms with E-state index in [-0.39, 0.29) is 23.0 Å². The van der Waals surface area contributed by atoms with E-state index in [1.54, 1.807) is 6.92 Å². The van der Waals surface area contributed by atoms with Gasteiger partial charge >= 0.3 is 5.97 Å². The van der Waals surface area contributed by atoms with Crippen molar-refractivity contribution in [3.05, 3.63) is 22.8 Å². The summed E-state index contributed by atoms with van der Waals surface area (Å²) >= 11 is 5.93. The smallest absolute Gasteiger partial charge is 0.310 e. The Morgan fingerprint density at radius 1 is 1.50 bits per heavy atom. The molecule has 0 aromatic carbocycles. The van der Waals surface area contributed by atoms with Gasteiger partial charge in [-0.15, -0.1) is 0 Å². The molecule has 7 heteroatoms. The van der Waals surface area contributed by atoms with Gasteiger partial charge in [-0.3, -0.25) is 9.59 Å². The third-order valence-electron chi connectivity index (χ3n) is 2.62. The Balaban J connectivity index is 2.74. The number of nitrogens with one attached hydrogen (secondary N) is 1. The number of pyridine rings is 1. The van der Waals surface area contributed by atoms with Gasteiger partial charge in [-0.05, 0) is 26.8 Å². The van der Waals surface area contributed by atoms with Crippen LogP contribution in [0.2, 0.25) is 5.02 Å². The molecule has 0 unspecified atom stereocenters. The molecule has 1 heterocycles. The first-order valence-electron chi connectivity index (χ1n) is 6.08. The summed E-state index contributed by atoms with van der Waals surface area (Å²) in [6, 6.07) is 1.43.